The summed E-state index contributed by atoms with van der Waals surface area (Å²) in [5.41, 5.74) is 16.3. The lowest BCUT2D eigenvalue weighted by Gasteiger charge is -2.19. The molecule has 0 saturated heterocycles. The molecule has 0 atom stereocenters. The minimum Gasteiger partial charge on any atom is -0.406 e. The monoisotopic (exact) mass is 567 g/mol. The Morgan fingerprint density at radius 1 is 1.02 bits per heavy atom. The van der Waals surface area contributed by atoms with Crippen LogP contribution in [0.3, 0.4) is 0 Å². The highest BCUT2D eigenvalue weighted by molar-refractivity contribution is 8.13. The number of hydrazone groups is 1. The molecular formula is C29H30F3N6OS+. The highest BCUT2D eigenvalue weighted by atomic mass is 32.2. The van der Waals surface area contributed by atoms with Gasteiger partial charge in [0.25, 0.3) is 0 Å². The van der Waals surface area contributed by atoms with Gasteiger partial charge in [0.05, 0.1) is 18.4 Å². The normalized spacial score (nSPS) is 14.8. The number of hydrogen-bond donors (Lipinski definition) is 2. The molecule has 3 aromatic rings. The van der Waals surface area contributed by atoms with Gasteiger partial charge < -0.3 is 10.5 Å². The predicted molar refractivity (Wildman–Crippen MR) is 157 cm³/mol. The quantitative estimate of drug-likeness (QED) is 0.151. The van der Waals surface area contributed by atoms with Crippen LogP contribution in [0.15, 0.2) is 75.7 Å². The standard InChI is InChI=1S/C29H29F3N6OS/c1-19-15-20(2)26(21(3)16-19)38-13-4-14-40-28(38)37-36-17-22-5-7-23(8-6-22)27(33)35-18-34-24-9-11-25(12-10-24)39-29(30,31)32/h5-12,15-18H,4,13-14H2,1-3H3,(H2,33,34,35)/p+1/b36-17+. The summed E-state index contributed by atoms with van der Waals surface area (Å²) in [5, 5.41) is 5.48. The van der Waals surface area contributed by atoms with Gasteiger partial charge in [-0.3, -0.25) is 0 Å². The molecule has 0 amide bonds. The van der Waals surface area contributed by atoms with Crippen LogP contribution >= 0.6 is 11.8 Å². The molecule has 40 heavy (non-hydrogen) atoms. The Bertz CT molecular complexity index is 1440. The number of hydrogen-bond acceptors (Lipinski definition) is 5. The van der Waals surface area contributed by atoms with Crippen molar-refractivity contribution in [3.05, 3.63) is 88.5 Å². The van der Waals surface area contributed by atoms with Gasteiger partial charge >= 0.3 is 11.5 Å². The minimum absolute atomic E-state index is 0.246. The smallest absolute Gasteiger partial charge is 0.406 e. The summed E-state index contributed by atoms with van der Waals surface area (Å²) in [6.07, 6.45) is -0.642. The molecule has 1 aliphatic rings. The third kappa shape index (κ3) is 7.95. The first-order valence-electron chi connectivity index (χ1n) is 12.6. The summed E-state index contributed by atoms with van der Waals surface area (Å²) in [6.45, 7) is 7.34. The Morgan fingerprint density at radius 2 is 1.70 bits per heavy atom. The molecule has 0 aliphatic carbocycles. The molecule has 0 aromatic heterocycles. The van der Waals surface area contributed by atoms with Crippen molar-refractivity contribution in [1.82, 2.24) is 5.43 Å². The fraction of sp³-hybridized carbons (Fsp3) is 0.241. The van der Waals surface area contributed by atoms with E-state index in [-0.39, 0.29) is 11.6 Å². The van der Waals surface area contributed by atoms with E-state index in [1.54, 1.807) is 18.0 Å². The largest absolute Gasteiger partial charge is 0.573 e. The molecule has 0 spiro atoms. The van der Waals surface area contributed by atoms with Crippen LogP contribution in [-0.2, 0) is 0 Å². The first kappa shape index (κ1) is 28.9. The van der Waals surface area contributed by atoms with Crippen LogP contribution in [0, 0.1) is 20.8 Å². The van der Waals surface area contributed by atoms with E-state index in [1.807, 2.05) is 24.3 Å². The predicted octanol–water partition coefficient (Wildman–Crippen LogP) is 6.34. The van der Waals surface area contributed by atoms with Crippen molar-refractivity contribution in [2.45, 2.75) is 33.6 Å². The van der Waals surface area contributed by atoms with Gasteiger partial charge in [-0.2, -0.15) is 0 Å². The molecular weight excluding hydrogens is 537 g/mol. The molecule has 208 valence electrons. The van der Waals surface area contributed by atoms with Crippen molar-refractivity contribution in [3.63, 3.8) is 0 Å². The Hall–Kier alpha value is -4.12. The zero-order valence-electron chi connectivity index (χ0n) is 22.4. The van der Waals surface area contributed by atoms with Gasteiger partial charge in [0, 0.05) is 11.3 Å². The van der Waals surface area contributed by atoms with Gasteiger partial charge in [-0.15, -0.1) is 18.6 Å². The summed E-state index contributed by atoms with van der Waals surface area (Å²) in [5.74, 6) is 0.960. The number of nitrogens with two attached hydrogens (primary N) is 1. The topological polar surface area (TPSA) is 87.4 Å². The first-order valence-corrected chi connectivity index (χ1v) is 13.5. The number of rotatable bonds is 7. The maximum Gasteiger partial charge on any atom is 0.573 e. The van der Waals surface area contributed by atoms with Gasteiger partial charge in [0.15, 0.2) is 0 Å². The fourth-order valence-corrected chi connectivity index (χ4v) is 5.27. The number of amidine groups is 2. The van der Waals surface area contributed by atoms with E-state index in [9.17, 15) is 13.2 Å². The Labute approximate surface area is 235 Å². The second-order valence-corrected chi connectivity index (χ2v) is 10.3. The molecule has 4 rings (SSSR count). The first-order chi connectivity index (χ1) is 19.1. The lowest BCUT2D eigenvalue weighted by molar-refractivity contribution is -0.442. The van der Waals surface area contributed by atoms with Gasteiger partial charge in [-0.25, -0.2) is 14.6 Å². The SMILES string of the molecule is Cc1cc(C)c([N+]2=C(N/N=C/c3ccc(C(N)=NC=Nc4ccc(OC(F)(F)F)cc4)cc3)SCCC2)c(C)c1. The van der Waals surface area contributed by atoms with Crippen molar-refractivity contribution in [2.75, 3.05) is 12.3 Å². The molecule has 3 aromatic carbocycles. The average molecular weight is 568 g/mol. The molecule has 11 heteroatoms. The Balaban J connectivity index is 1.39. The molecule has 0 saturated carbocycles. The third-order valence-corrected chi connectivity index (χ3v) is 7.05. The Morgan fingerprint density at radius 3 is 2.35 bits per heavy atom. The summed E-state index contributed by atoms with van der Waals surface area (Å²) in [6, 6.07) is 16.9. The highest BCUT2D eigenvalue weighted by Crippen LogP contribution is 2.28. The molecule has 3 N–H and O–H groups in total. The second-order valence-electron chi connectivity index (χ2n) is 9.20. The molecule has 0 unspecified atom stereocenters. The summed E-state index contributed by atoms with van der Waals surface area (Å²) in [4.78, 5) is 8.20. The number of ether oxygens (including phenoxy) is 1. The van der Waals surface area contributed by atoms with E-state index in [0.29, 0.717) is 11.3 Å². The van der Waals surface area contributed by atoms with E-state index in [0.717, 1.165) is 29.4 Å². The average Bonchev–Trinajstić information content (AvgIpc) is 2.89. The molecule has 0 radical (unpaired) electrons. The van der Waals surface area contributed by atoms with Gasteiger partial charge in [0.1, 0.15) is 23.6 Å². The van der Waals surface area contributed by atoms with E-state index in [4.69, 9.17) is 5.73 Å². The van der Waals surface area contributed by atoms with Crippen LogP contribution in [0.5, 0.6) is 5.75 Å². The van der Waals surface area contributed by atoms with Gasteiger partial charge in [-0.05, 0) is 79.9 Å². The zero-order chi connectivity index (χ0) is 28.7. The van der Waals surface area contributed by atoms with E-state index in [1.165, 1.54) is 53.0 Å². The Kier molecular flexibility index (Phi) is 9.26. The number of benzene rings is 3. The number of thioether (sulfide) groups is 1. The highest BCUT2D eigenvalue weighted by Gasteiger charge is 2.31. The molecule has 0 bridgehead atoms. The van der Waals surface area contributed by atoms with E-state index >= 15 is 0 Å². The molecule has 1 aliphatic heterocycles. The lowest BCUT2D eigenvalue weighted by Crippen LogP contribution is -2.31. The zero-order valence-corrected chi connectivity index (χ0v) is 23.2. The maximum atomic E-state index is 12.3. The number of nitrogens with one attached hydrogen (secondary N) is 1. The van der Waals surface area contributed by atoms with Crippen LogP contribution < -0.4 is 15.9 Å². The summed E-state index contributed by atoms with van der Waals surface area (Å²) >= 11 is 1.76. The van der Waals surface area contributed by atoms with Crippen LogP contribution in [0.1, 0.15) is 34.2 Å². The fourth-order valence-electron chi connectivity index (χ4n) is 4.34. The van der Waals surface area contributed by atoms with E-state index < -0.39 is 6.36 Å². The van der Waals surface area contributed by atoms with Crippen molar-refractivity contribution in [3.8, 4) is 5.75 Å². The van der Waals surface area contributed by atoms with Crippen LogP contribution in [0.25, 0.3) is 0 Å². The second kappa shape index (κ2) is 12.8. The maximum absolute atomic E-state index is 12.3. The molecule has 1 heterocycles. The number of aryl methyl sites for hydroxylation is 3. The van der Waals surface area contributed by atoms with Crippen molar-refractivity contribution in [1.29, 1.82) is 0 Å². The third-order valence-electron chi connectivity index (χ3n) is 5.97. The number of halogens is 3. The summed E-state index contributed by atoms with van der Waals surface area (Å²) < 4.78 is 43.0. The number of alkyl halides is 3. The van der Waals surface area contributed by atoms with Crippen LogP contribution in [0.2, 0.25) is 0 Å². The molecule has 0 fully saturated rings. The molecule has 7 nitrogen and oxygen atoms in total. The number of nitrogens with zero attached hydrogens (tertiary/aromatic N) is 4. The van der Waals surface area contributed by atoms with Gasteiger partial charge in [-0.1, -0.05) is 47.1 Å². The lowest BCUT2D eigenvalue weighted by atomic mass is 10.0. The van der Waals surface area contributed by atoms with Crippen LogP contribution in [-0.4, -0.2) is 46.8 Å². The van der Waals surface area contributed by atoms with Crippen molar-refractivity contribution in [2.24, 2.45) is 20.8 Å². The number of aliphatic imine (C=N–C) groups is 2. The van der Waals surface area contributed by atoms with Crippen LogP contribution in [0.4, 0.5) is 24.5 Å². The van der Waals surface area contributed by atoms with E-state index in [2.05, 4.69) is 62.7 Å². The van der Waals surface area contributed by atoms with Crippen molar-refractivity contribution >= 4 is 46.7 Å². The minimum atomic E-state index is -4.74. The summed E-state index contributed by atoms with van der Waals surface area (Å²) in [7, 11) is 0. The van der Waals surface area contributed by atoms with Gasteiger partial charge in [0.2, 0.25) is 0 Å². The van der Waals surface area contributed by atoms with Crippen molar-refractivity contribution < 1.29 is 22.5 Å².